The van der Waals surface area contributed by atoms with Crippen molar-refractivity contribution in [2.75, 3.05) is 59.3 Å². The van der Waals surface area contributed by atoms with E-state index in [9.17, 15) is 8.42 Å². The van der Waals surface area contributed by atoms with E-state index in [1.807, 2.05) is 4.57 Å². The molecular formula is C18H32N4O4S. The average Bonchev–Trinajstić information content (AvgIpc) is 3.26. The first-order valence-corrected chi connectivity index (χ1v) is 11.7. The number of rotatable bonds is 9. The molecule has 3 rings (SSSR count). The van der Waals surface area contributed by atoms with E-state index in [0.717, 1.165) is 71.0 Å². The number of morpholine rings is 1. The Morgan fingerprint density at radius 3 is 2.74 bits per heavy atom. The highest BCUT2D eigenvalue weighted by Gasteiger charge is 2.24. The predicted octanol–water partition coefficient (Wildman–Crippen LogP) is 0.620. The third-order valence-electron chi connectivity index (χ3n) is 5.19. The quantitative estimate of drug-likeness (QED) is 0.601. The fraction of sp³-hybridized carbons (Fsp3) is 0.833. The lowest BCUT2D eigenvalue weighted by molar-refractivity contribution is 0.0363. The van der Waals surface area contributed by atoms with Gasteiger partial charge in [0.05, 0.1) is 37.8 Å². The lowest BCUT2D eigenvalue weighted by Crippen LogP contribution is -2.37. The van der Waals surface area contributed by atoms with Crippen LogP contribution in [0, 0.1) is 0 Å². The van der Waals surface area contributed by atoms with Gasteiger partial charge in [0, 0.05) is 32.5 Å². The second-order valence-electron chi connectivity index (χ2n) is 7.60. The molecule has 3 heterocycles. The third-order valence-corrected chi connectivity index (χ3v) is 6.18. The van der Waals surface area contributed by atoms with Gasteiger partial charge in [0.1, 0.15) is 0 Å². The molecular weight excluding hydrogens is 368 g/mol. The molecule has 0 bridgehead atoms. The molecule has 0 saturated carbocycles. The second kappa shape index (κ2) is 9.47. The number of nitrogens with zero attached hydrogens (tertiary/aromatic N) is 4. The maximum atomic E-state index is 12.1. The molecule has 9 heteroatoms. The Balaban J connectivity index is 1.58. The van der Waals surface area contributed by atoms with Crippen molar-refractivity contribution in [3.8, 4) is 0 Å². The Bertz CT molecular complexity index is 694. The minimum Gasteiger partial charge on any atom is -0.379 e. The number of hydrogen-bond donors (Lipinski definition) is 0. The highest BCUT2D eigenvalue weighted by molar-refractivity contribution is 7.90. The maximum Gasteiger partial charge on any atom is 0.227 e. The molecule has 154 valence electrons. The minimum absolute atomic E-state index is 0.0741. The Hall–Kier alpha value is -1.00. The fourth-order valence-corrected chi connectivity index (χ4v) is 4.58. The lowest BCUT2D eigenvalue weighted by atomic mass is 10.2. The Kier molecular flexibility index (Phi) is 7.27. The molecule has 1 aromatic heterocycles. The topological polar surface area (TPSA) is 76.9 Å². The van der Waals surface area contributed by atoms with Gasteiger partial charge in [-0.25, -0.2) is 13.4 Å². The fourth-order valence-electron chi connectivity index (χ4n) is 3.75. The van der Waals surface area contributed by atoms with Crippen LogP contribution in [-0.2, 0) is 32.4 Å². The number of sulfone groups is 1. The molecule has 0 radical (unpaired) electrons. The highest BCUT2D eigenvalue weighted by Crippen LogP contribution is 2.19. The molecule has 0 amide bonds. The van der Waals surface area contributed by atoms with Crippen LogP contribution in [0.15, 0.2) is 11.4 Å². The number of aromatic nitrogens is 2. The monoisotopic (exact) mass is 400 g/mol. The first-order chi connectivity index (χ1) is 12.9. The normalized spacial score (nSPS) is 22.0. The van der Waals surface area contributed by atoms with Crippen molar-refractivity contribution in [1.29, 1.82) is 0 Å². The van der Waals surface area contributed by atoms with E-state index in [1.165, 1.54) is 6.26 Å². The van der Waals surface area contributed by atoms with Crippen molar-refractivity contribution in [3.05, 3.63) is 11.9 Å². The SMILES string of the molecule is CN(CCCN1CCOCC1)Cc1cnc(S(C)(=O)=O)n1C[C@@H]1CCCO1. The summed E-state index contributed by atoms with van der Waals surface area (Å²) in [5.74, 6) is 0. The highest BCUT2D eigenvalue weighted by atomic mass is 32.2. The summed E-state index contributed by atoms with van der Waals surface area (Å²) in [6, 6.07) is 0. The van der Waals surface area contributed by atoms with Gasteiger partial charge in [-0.2, -0.15) is 0 Å². The van der Waals surface area contributed by atoms with Gasteiger partial charge in [-0.05, 0) is 39.4 Å². The Morgan fingerprint density at radius 2 is 2.07 bits per heavy atom. The van der Waals surface area contributed by atoms with Crippen molar-refractivity contribution >= 4 is 9.84 Å². The molecule has 27 heavy (non-hydrogen) atoms. The van der Waals surface area contributed by atoms with Crippen LogP contribution in [0.3, 0.4) is 0 Å². The zero-order valence-corrected chi connectivity index (χ0v) is 17.3. The second-order valence-corrected chi connectivity index (χ2v) is 9.50. The summed E-state index contributed by atoms with van der Waals surface area (Å²) in [6.07, 6.45) is 6.07. The molecule has 8 nitrogen and oxygen atoms in total. The molecule has 0 unspecified atom stereocenters. The van der Waals surface area contributed by atoms with E-state index < -0.39 is 9.84 Å². The molecule has 2 aliphatic heterocycles. The summed E-state index contributed by atoms with van der Waals surface area (Å²) in [6.45, 7) is 7.68. The van der Waals surface area contributed by atoms with E-state index in [4.69, 9.17) is 9.47 Å². The van der Waals surface area contributed by atoms with Crippen molar-refractivity contribution < 1.29 is 17.9 Å². The first-order valence-electron chi connectivity index (χ1n) is 9.78. The van der Waals surface area contributed by atoms with Crippen LogP contribution >= 0.6 is 0 Å². The van der Waals surface area contributed by atoms with Gasteiger partial charge in [-0.1, -0.05) is 0 Å². The summed E-state index contributed by atoms with van der Waals surface area (Å²) in [5, 5.41) is 0.148. The predicted molar refractivity (Wildman–Crippen MR) is 103 cm³/mol. The molecule has 2 saturated heterocycles. The van der Waals surface area contributed by atoms with Crippen molar-refractivity contribution in [2.45, 2.75) is 43.6 Å². The van der Waals surface area contributed by atoms with Crippen LogP contribution in [0.2, 0.25) is 0 Å². The lowest BCUT2D eigenvalue weighted by Gasteiger charge is -2.27. The van der Waals surface area contributed by atoms with Gasteiger partial charge in [0.25, 0.3) is 0 Å². The summed E-state index contributed by atoms with van der Waals surface area (Å²) in [4.78, 5) is 8.87. The van der Waals surface area contributed by atoms with Crippen molar-refractivity contribution in [2.24, 2.45) is 0 Å². The number of imidazole rings is 1. The van der Waals surface area contributed by atoms with Gasteiger partial charge in [-0.15, -0.1) is 0 Å². The van der Waals surface area contributed by atoms with Gasteiger partial charge >= 0.3 is 0 Å². The first kappa shape index (κ1) is 20.7. The number of ether oxygens (including phenoxy) is 2. The molecule has 0 aliphatic carbocycles. The minimum atomic E-state index is -3.36. The largest absolute Gasteiger partial charge is 0.379 e. The van der Waals surface area contributed by atoms with Crippen LogP contribution in [0.1, 0.15) is 25.0 Å². The number of hydrogen-bond acceptors (Lipinski definition) is 7. The molecule has 2 fully saturated rings. The van der Waals surface area contributed by atoms with Crippen LogP contribution in [-0.4, -0.2) is 93.2 Å². The van der Waals surface area contributed by atoms with E-state index in [-0.39, 0.29) is 11.3 Å². The van der Waals surface area contributed by atoms with E-state index in [0.29, 0.717) is 13.1 Å². The molecule has 0 aromatic carbocycles. The zero-order valence-electron chi connectivity index (χ0n) is 16.5. The maximum absolute atomic E-state index is 12.1. The van der Waals surface area contributed by atoms with E-state index in [2.05, 4.69) is 21.8 Å². The van der Waals surface area contributed by atoms with Crippen LogP contribution in [0.5, 0.6) is 0 Å². The van der Waals surface area contributed by atoms with Gasteiger partial charge < -0.3 is 18.9 Å². The summed E-state index contributed by atoms with van der Waals surface area (Å²) >= 11 is 0. The van der Waals surface area contributed by atoms with Crippen LogP contribution in [0.4, 0.5) is 0 Å². The Morgan fingerprint density at radius 1 is 1.30 bits per heavy atom. The summed E-state index contributed by atoms with van der Waals surface area (Å²) in [7, 11) is -1.29. The smallest absolute Gasteiger partial charge is 0.227 e. The van der Waals surface area contributed by atoms with E-state index >= 15 is 0 Å². The molecule has 1 atom stereocenters. The van der Waals surface area contributed by atoms with Crippen molar-refractivity contribution in [1.82, 2.24) is 19.4 Å². The van der Waals surface area contributed by atoms with Gasteiger partial charge in [0.15, 0.2) is 0 Å². The summed E-state index contributed by atoms with van der Waals surface area (Å²) < 4.78 is 37.2. The molecule has 2 aliphatic rings. The standard InChI is InChI=1S/C18H32N4O4S/c1-20(6-4-7-21-8-11-25-12-9-21)14-16-13-19-18(27(2,23)24)22(16)15-17-5-3-10-26-17/h13,17H,3-12,14-15H2,1-2H3/t17-/m0/s1. The van der Waals surface area contributed by atoms with E-state index in [1.54, 1.807) is 6.20 Å². The summed E-state index contributed by atoms with van der Waals surface area (Å²) in [5.41, 5.74) is 0.930. The van der Waals surface area contributed by atoms with Gasteiger partial charge in [0.2, 0.25) is 15.0 Å². The molecule has 1 aromatic rings. The van der Waals surface area contributed by atoms with Crippen LogP contribution in [0.25, 0.3) is 0 Å². The zero-order chi connectivity index (χ0) is 19.3. The molecule has 0 spiro atoms. The van der Waals surface area contributed by atoms with Crippen LogP contribution < -0.4 is 0 Å². The third kappa shape index (κ3) is 5.99. The Labute approximate surface area is 162 Å². The average molecular weight is 401 g/mol. The van der Waals surface area contributed by atoms with Crippen molar-refractivity contribution in [3.63, 3.8) is 0 Å². The molecule has 0 N–H and O–H groups in total. The van der Waals surface area contributed by atoms with Gasteiger partial charge in [-0.3, -0.25) is 4.90 Å².